The highest BCUT2D eigenvalue weighted by Gasteiger charge is 2.32. The maximum Gasteiger partial charge on any atom is 0.323 e. The fraction of sp³-hybridized carbons (Fsp3) is 0.208. The lowest BCUT2D eigenvalue weighted by atomic mass is 10.0. The van der Waals surface area contributed by atoms with Crippen molar-refractivity contribution < 1.29 is 9.90 Å². The first-order chi connectivity index (χ1) is 17.1. The summed E-state index contributed by atoms with van der Waals surface area (Å²) in [6.07, 6.45) is 7.09. The van der Waals surface area contributed by atoms with Crippen LogP contribution in [0.15, 0.2) is 41.4 Å². The zero-order chi connectivity index (χ0) is 24.4. The van der Waals surface area contributed by atoms with Crippen LogP contribution in [0.4, 0.5) is 16.4 Å². The van der Waals surface area contributed by atoms with Crippen molar-refractivity contribution in [2.45, 2.75) is 6.04 Å². The first kappa shape index (κ1) is 22.7. The molecule has 0 radical (unpaired) electrons. The number of aromatic nitrogens is 3. The van der Waals surface area contributed by atoms with Gasteiger partial charge in [-0.15, -0.1) is 29.1 Å². The molecule has 0 bridgehead atoms. The van der Waals surface area contributed by atoms with Crippen molar-refractivity contribution in [2.24, 2.45) is 0 Å². The molecule has 4 heterocycles. The van der Waals surface area contributed by atoms with Gasteiger partial charge in [0, 0.05) is 42.3 Å². The van der Waals surface area contributed by atoms with Crippen molar-refractivity contribution in [3.8, 4) is 29.5 Å². The molecule has 3 aromatic heterocycles. The molecular formula is C24H19N7O2S2. The lowest BCUT2D eigenvalue weighted by Crippen LogP contribution is -2.58. The number of pyridine rings is 1. The summed E-state index contributed by atoms with van der Waals surface area (Å²) in [5.41, 5.74) is 4.96. The Morgan fingerprint density at radius 2 is 2.20 bits per heavy atom. The topological polar surface area (TPSA) is 118 Å². The highest BCUT2D eigenvalue weighted by atomic mass is 32.1. The van der Waals surface area contributed by atoms with Crippen LogP contribution in [0.2, 0.25) is 0 Å². The summed E-state index contributed by atoms with van der Waals surface area (Å²) in [6.45, 7) is 0.908. The summed E-state index contributed by atoms with van der Waals surface area (Å²) in [5.74, 6) is 3.35. The third-order valence-electron chi connectivity index (χ3n) is 5.77. The molecule has 2 amide bonds. The van der Waals surface area contributed by atoms with Crippen LogP contribution in [0.1, 0.15) is 10.6 Å². The van der Waals surface area contributed by atoms with Gasteiger partial charge >= 0.3 is 6.03 Å². The Hall–Kier alpha value is -4.03. The molecule has 1 aliphatic rings. The van der Waals surface area contributed by atoms with Crippen LogP contribution >= 0.6 is 22.7 Å². The second-order valence-corrected chi connectivity index (χ2v) is 9.51. The normalized spacial score (nSPS) is 15.6. The molecule has 5 rings (SSSR count). The molecule has 1 fully saturated rings. The minimum atomic E-state index is -0.478. The van der Waals surface area contributed by atoms with E-state index < -0.39 is 6.04 Å². The SMILES string of the molecule is C#Cc1nc(NC(=O)N2CCN(c3ncc(-c4cccc5ncsc45)cc3C#N)CC2CO)cs1. The zero-order valence-corrected chi connectivity index (χ0v) is 20.0. The number of urea groups is 1. The van der Waals surface area contributed by atoms with E-state index >= 15 is 0 Å². The van der Waals surface area contributed by atoms with E-state index in [1.165, 1.54) is 11.3 Å². The number of fused-ring (bicyclic) bond motifs is 1. The number of hydrogen-bond donors (Lipinski definition) is 2. The van der Waals surface area contributed by atoms with E-state index in [0.29, 0.717) is 41.8 Å². The van der Waals surface area contributed by atoms with Gasteiger partial charge in [0.2, 0.25) is 0 Å². The van der Waals surface area contributed by atoms with Gasteiger partial charge in [0.05, 0.1) is 33.9 Å². The van der Waals surface area contributed by atoms with Crippen LogP contribution in [-0.4, -0.2) is 63.3 Å². The fourth-order valence-corrected chi connectivity index (χ4v) is 5.48. The number of anilines is 2. The van der Waals surface area contributed by atoms with Gasteiger partial charge in [0.1, 0.15) is 17.7 Å². The Bertz CT molecular complexity index is 1480. The van der Waals surface area contributed by atoms with E-state index in [0.717, 1.165) is 21.3 Å². The molecule has 1 aromatic carbocycles. The predicted octanol–water partition coefficient (Wildman–Crippen LogP) is 3.38. The van der Waals surface area contributed by atoms with Gasteiger partial charge in [-0.05, 0) is 18.1 Å². The maximum atomic E-state index is 12.8. The standard InChI is InChI=1S/C24H19N7O2S2/c1-2-21-28-20(13-34-21)29-24(33)31-7-6-30(11-17(31)12-32)23-15(9-25)8-16(10-26-23)18-4-3-5-19-22(18)35-14-27-19/h1,3-5,8,10,13-14,17,32H,6-7,11-12H2,(H,29,33). The van der Waals surface area contributed by atoms with E-state index in [4.69, 9.17) is 6.42 Å². The average molecular weight is 502 g/mol. The van der Waals surface area contributed by atoms with Crippen molar-refractivity contribution in [3.63, 3.8) is 0 Å². The molecule has 35 heavy (non-hydrogen) atoms. The Labute approximate surface area is 209 Å². The third kappa shape index (κ3) is 4.40. The molecule has 0 aliphatic carbocycles. The van der Waals surface area contributed by atoms with Gasteiger partial charge in [0.15, 0.2) is 5.01 Å². The first-order valence-electron chi connectivity index (χ1n) is 10.7. The lowest BCUT2D eigenvalue weighted by molar-refractivity contribution is 0.132. The van der Waals surface area contributed by atoms with Crippen LogP contribution in [-0.2, 0) is 0 Å². The number of amides is 2. The van der Waals surface area contributed by atoms with Crippen LogP contribution in [0.5, 0.6) is 0 Å². The molecule has 4 aromatic rings. The number of benzene rings is 1. The van der Waals surface area contributed by atoms with Crippen LogP contribution in [0, 0.1) is 23.7 Å². The van der Waals surface area contributed by atoms with Crippen molar-refractivity contribution in [1.29, 1.82) is 5.26 Å². The van der Waals surface area contributed by atoms with E-state index in [-0.39, 0.29) is 12.6 Å². The van der Waals surface area contributed by atoms with Gasteiger partial charge in [-0.3, -0.25) is 5.32 Å². The summed E-state index contributed by atoms with van der Waals surface area (Å²) in [4.78, 5) is 29.4. The molecule has 1 aliphatic heterocycles. The van der Waals surface area contributed by atoms with Gasteiger partial charge in [-0.25, -0.2) is 19.7 Å². The Morgan fingerprint density at radius 1 is 1.31 bits per heavy atom. The number of carbonyl (C=O) groups is 1. The smallest absolute Gasteiger partial charge is 0.323 e. The van der Waals surface area contributed by atoms with E-state index in [9.17, 15) is 15.2 Å². The van der Waals surface area contributed by atoms with Crippen molar-refractivity contribution in [2.75, 3.05) is 36.5 Å². The number of nitrogens with zero attached hydrogens (tertiary/aromatic N) is 6. The largest absolute Gasteiger partial charge is 0.394 e. The molecule has 1 saturated heterocycles. The lowest BCUT2D eigenvalue weighted by Gasteiger charge is -2.41. The highest BCUT2D eigenvalue weighted by Crippen LogP contribution is 2.33. The van der Waals surface area contributed by atoms with Crippen molar-refractivity contribution in [3.05, 3.63) is 51.9 Å². The Balaban J connectivity index is 1.35. The summed E-state index contributed by atoms with van der Waals surface area (Å²) in [6, 6.07) is 9.13. The molecule has 174 valence electrons. The minimum Gasteiger partial charge on any atom is -0.394 e. The number of piperazine rings is 1. The highest BCUT2D eigenvalue weighted by molar-refractivity contribution is 7.17. The molecule has 0 spiro atoms. The molecule has 1 unspecified atom stereocenters. The number of thiazole rings is 2. The summed E-state index contributed by atoms with van der Waals surface area (Å²) in [5, 5.41) is 24.8. The molecule has 2 N–H and O–H groups in total. The van der Waals surface area contributed by atoms with Crippen LogP contribution in [0.3, 0.4) is 0 Å². The third-order valence-corrected chi connectivity index (χ3v) is 7.42. The zero-order valence-electron chi connectivity index (χ0n) is 18.4. The average Bonchev–Trinajstić information content (AvgIpc) is 3.57. The predicted molar refractivity (Wildman–Crippen MR) is 136 cm³/mol. The van der Waals surface area contributed by atoms with Gasteiger partial charge in [-0.2, -0.15) is 5.26 Å². The van der Waals surface area contributed by atoms with Gasteiger partial charge in [0.25, 0.3) is 0 Å². The van der Waals surface area contributed by atoms with Crippen LogP contribution < -0.4 is 10.2 Å². The quantitative estimate of drug-likeness (QED) is 0.412. The van der Waals surface area contributed by atoms with E-state index in [2.05, 4.69) is 32.3 Å². The molecule has 0 saturated carbocycles. The Morgan fingerprint density at radius 3 is 2.97 bits per heavy atom. The molecule has 1 atom stereocenters. The number of rotatable bonds is 4. The van der Waals surface area contributed by atoms with E-state index in [1.807, 2.05) is 29.2 Å². The monoisotopic (exact) mass is 501 g/mol. The number of aliphatic hydroxyl groups is 1. The number of nitriles is 1. The van der Waals surface area contributed by atoms with Crippen molar-refractivity contribution >= 4 is 50.6 Å². The maximum absolute atomic E-state index is 12.8. The van der Waals surface area contributed by atoms with Gasteiger partial charge in [-0.1, -0.05) is 12.1 Å². The summed E-state index contributed by atoms with van der Waals surface area (Å²) < 4.78 is 1.04. The number of nitrogens with one attached hydrogen (secondary N) is 1. The first-order valence-corrected chi connectivity index (χ1v) is 12.5. The van der Waals surface area contributed by atoms with E-state index in [1.54, 1.807) is 33.3 Å². The molecular weight excluding hydrogens is 482 g/mol. The number of terminal acetylenes is 1. The minimum absolute atomic E-state index is 0.232. The second kappa shape index (κ2) is 9.68. The summed E-state index contributed by atoms with van der Waals surface area (Å²) in [7, 11) is 0. The molecule has 9 nitrogen and oxygen atoms in total. The fourth-order valence-electron chi connectivity index (χ4n) is 4.10. The molecule has 11 heteroatoms. The number of carbonyl (C=O) groups excluding carboxylic acids is 1. The second-order valence-electron chi connectivity index (χ2n) is 7.80. The summed E-state index contributed by atoms with van der Waals surface area (Å²) >= 11 is 2.81. The number of aliphatic hydroxyl groups excluding tert-OH is 1. The van der Waals surface area contributed by atoms with Crippen molar-refractivity contribution in [1.82, 2.24) is 19.9 Å². The van der Waals surface area contributed by atoms with Gasteiger partial charge < -0.3 is 14.9 Å². The van der Waals surface area contributed by atoms with Crippen LogP contribution in [0.25, 0.3) is 21.3 Å². The Kier molecular flexibility index (Phi) is 6.29. The number of hydrogen-bond acceptors (Lipinski definition) is 9.